The van der Waals surface area contributed by atoms with Crippen molar-refractivity contribution in [3.63, 3.8) is 0 Å². The molecule has 2 N–H and O–H groups in total. The van der Waals surface area contributed by atoms with Crippen molar-refractivity contribution in [3.8, 4) is 5.88 Å². The lowest BCUT2D eigenvalue weighted by Crippen LogP contribution is -2.21. The van der Waals surface area contributed by atoms with Crippen LogP contribution in [0.1, 0.15) is 59.4 Å². The van der Waals surface area contributed by atoms with Crippen LogP contribution < -0.4 is 10.5 Å². The maximum absolute atomic E-state index is 5.96. The van der Waals surface area contributed by atoms with E-state index in [1.54, 1.807) is 0 Å². The number of anilines is 1. The van der Waals surface area contributed by atoms with Gasteiger partial charge in [0.2, 0.25) is 5.88 Å². The third kappa shape index (κ3) is 4.37. The highest BCUT2D eigenvalue weighted by Gasteiger charge is 2.21. The molecule has 0 aromatic carbocycles. The van der Waals surface area contributed by atoms with Crippen molar-refractivity contribution >= 4 is 5.82 Å². The second-order valence-electron chi connectivity index (χ2n) is 6.67. The Kier molecular flexibility index (Phi) is 4.77. The molecule has 0 saturated carbocycles. The molecule has 0 bridgehead atoms. The monoisotopic (exact) mass is 265 g/mol. The van der Waals surface area contributed by atoms with Gasteiger partial charge in [-0.1, -0.05) is 34.6 Å². The Morgan fingerprint density at radius 1 is 1.16 bits per heavy atom. The van der Waals surface area contributed by atoms with Crippen LogP contribution in [0.15, 0.2) is 0 Å². The number of nitrogens with two attached hydrogens (primary N) is 1. The van der Waals surface area contributed by atoms with E-state index < -0.39 is 0 Å². The molecule has 0 aliphatic heterocycles. The fraction of sp³-hybridized carbons (Fsp3) is 0.733. The van der Waals surface area contributed by atoms with E-state index in [4.69, 9.17) is 10.5 Å². The first-order valence-corrected chi connectivity index (χ1v) is 6.92. The number of rotatable bonds is 4. The summed E-state index contributed by atoms with van der Waals surface area (Å²) in [7, 11) is 0. The van der Waals surface area contributed by atoms with Crippen LogP contribution in [0.25, 0.3) is 0 Å². The van der Waals surface area contributed by atoms with Crippen LogP contribution in [0.3, 0.4) is 0 Å². The van der Waals surface area contributed by atoms with E-state index >= 15 is 0 Å². The van der Waals surface area contributed by atoms with E-state index in [-0.39, 0.29) is 11.5 Å². The number of hydrogen-bond donors (Lipinski definition) is 1. The van der Waals surface area contributed by atoms with Crippen LogP contribution in [-0.4, -0.2) is 16.1 Å². The normalized spacial score (nSPS) is 13.7. The van der Waals surface area contributed by atoms with Crippen molar-refractivity contribution in [2.75, 3.05) is 5.73 Å². The second-order valence-corrected chi connectivity index (χ2v) is 6.67. The molecule has 4 heteroatoms. The zero-order valence-electron chi connectivity index (χ0n) is 13.2. The van der Waals surface area contributed by atoms with Crippen LogP contribution in [0, 0.1) is 12.8 Å². The van der Waals surface area contributed by atoms with Gasteiger partial charge in [-0.25, -0.2) is 4.98 Å². The summed E-state index contributed by atoms with van der Waals surface area (Å²) >= 11 is 0. The highest BCUT2D eigenvalue weighted by molar-refractivity contribution is 5.45. The molecule has 0 radical (unpaired) electrons. The van der Waals surface area contributed by atoms with Gasteiger partial charge >= 0.3 is 0 Å². The average Bonchev–Trinajstić information content (AvgIpc) is 2.21. The number of aromatic nitrogens is 2. The summed E-state index contributed by atoms with van der Waals surface area (Å²) in [5.41, 5.74) is 6.65. The number of nitrogens with zero attached hydrogens (tertiary/aromatic N) is 2. The van der Waals surface area contributed by atoms with Crippen LogP contribution >= 0.6 is 0 Å². The smallest absolute Gasteiger partial charge is 0.222 e. The molecule has 19 heavy (non-hydrogen) atoms. The minimum absolute atomic E-state index is 0.126. The molecule has 108 valence electrons. The van der Waals surface area contributed by atoms with Gasteiger partial charge in [-0.2, -0.15) is 4.98 Å². The molecule has 0 fully saturated rings. The summed E-state index contributed by atoms with van der Waals surface area (Å²) in [4.78, 5) is 8.90. The van der Waals surface area contributed by atoms with Crippen molar-refractivity contribution in [3.05, 3.63) is 11.4 Å². The van der Waals surface area contributed by atoms with E-state index in [1.807, 2.05) is 6.92 Å². The summed E-state index contributed by atoms with van der Waals surface area (Å²) in [5, 5.41) is 0. The summed E-state index contributed by atoms with van der Waals surface area (Å²) in [6.07, 6.45) is 1.12. The van der Waals surface area contributed by atoms with E-state index in [2.05, 4.69) is 51.5 Å². The summed E-state index contributed by atoms with van der Waals surface area (Å²) < 4.78 is 5.94. The average molecular weight is 265 g/mol. The Labute approximate surface area is 116 Å². The van der Waals surface area contributed by atoms with Crippen molar-refractivity contribution in [1.82, 2.24) is 9.97 Å². The Bertz CT molecular complexity index is 436. The molecule has 0 aliphatic rings. The zero-order chi connectivity index (χ0) is 14.8. The Balaban J connectivity index is 3.03. The van der Waals surface area contributed by atoms with Gasteiger partial charge in [0.15, 0.2) is 0 Å². The molecule has 0 aliphatic carbocycles. The van der Waals surface area contributed by atoms with Gasteiger partial charge in [-0.3, -0.25) is 0 Å². The molecule has 1 unspecified atom stereocenters. The lowest BCUT2D eigenvalue weighted by atomic mass is 9.95. The minimum atomic E-state index is -0.138. The Morgan fingerprint density at radius 2 is 1.74 bits per heavy atom. The fourth-order valence-electron chi connectivity index (χ4n) is 1.87. The number of hydrogen-bond acceptors (Lipinski definition) is 4. The largest absolute Gasteiger partial charge is 0.474 e. The predicted octanol–water partition coefficient (Wildman–Crippen LogP) is 3.48. The minimum Gasteiger partial charge on any atom is -0.474 e. The van der Waals surface area contributed by atoms with Crippen LogP contribution in [-0.2, 0) is 5.41 Å². The summed E-state index contributed by atoms with van der Waals surface area (Å²) in [6.45, 7) is 14.5. The lowest BCUT2D eigenvalue weighted by Gasteiger charge is -2.22. The van der Waals surface area contributed by atoms with E-state index in [9.17, 15) is 0 Å². The third-order valence-electron chi connectivity index (χ3n) is 2.93. The molecule has 0 saturated heterocycles. The van der Waals surface area contributed by atoms with Crippen molar-refractivity contribution in [2.45, 2.75) is 66.4 Å². The molecule has 0 amide bonds. The SMILES string of the molecule is Cc1c(N)nc(C(C)(C)C)nc1OC(C)CC(C)C. The third-order valence-corrected chi connectivity index (χ3v) is 2.93. The highest BCUT2D eigenvalue weighted by Crippen LogP contribution is 2.27. The highest BCUT2D eigenvalue weighted by atomic mass is 16.5. The first-order chi connectivity index (χ1) is 8.61. The lowest BCUT2D eigenvalue weighted by molar-refractivity contribution is 0.183. The quantitative estimate of drug-likeness (QED) is 0.905. The Hall–Kier alpha value is -1.32. The number of nitrogen functional groups attached to an aromatic ring is 1. The maximum atomic E-state index is 5.96. The van der Waals surface area contributed by atoms with Crippen molar-refractivity contribution in [1.29, 1.82) is 0 Å². The molecular weight excluding hydrogens is 238 g/mol. The first-order valence-electron chi connectivity index (χ1n) is 6.92. The fourth-order valence-corrected chi connectivity index (χ4v) is 1.87. The zero-order valence-corrected chi connectivity index (χ0v) is 13.2. The maximum Gasteiger partial charge on any atom is 0.222 e. The van der Waals surface area contributed by atoms with Crippen molar-refractivity contribution in [2.24, 2.45) is 5.92 Å². The Morgan fingerprint density at radius 3 is 2.21 bits per heavy atom. The summed E-state index contributed by atoms with van der Waals surface area (Å²) in [5.74, 6) is 2.44. The molecule has 1 rings (SSSR count). The van der Waals surface area contributed by atoms with Gasteiger partial charge in [0.25, 0.3) is 0 Å². The van der Waals surface area contributed by atoms with Gasteiger partial charge < -0.3 is 10.5 Å². The second kappa shape index (κ2) is 5.76. The number of ether oxygens (including phenoxy) is 1. The van der Waals surface area contributed by atoms with Gasteiger partial charge in [0, 0.05) is 5.41 Å². The van der Waals surface area contributed by atoms with E-state index in [1.165, 1.54) is 0 Å². The topological polar surface area (TPSA) is 61.0 Å². The molecule has 1 atom stereocenters. The van der Waals surface area contributed by atoms with Crippen LogP contribution in [0.5, 0.6) is 5.88 Å². The molecule has 4 nitrogen and oxygen atoms in total. The van der Waals surface area contributed by atoms with Crippen molar-refractivity contribution < 1.29 is 4.74 Å². The van der Waals surface area contributed by atoms with Crippen LogP contribution in [0.2, 0.25) is 0 Å². The first kappa shape index (κ1) is 15.7. The standard InChI is InChI=1S/C15H27N3O/c1-9(2)8-10(3)19-13-11(4)12(16)17-14(18-13)15(5,6)7/h9-10H,8H2,1-7H3,(H2,16,17,18). The van der Waals surface area contributed by atoms with E-state index in [0.29, 0.717) is 17.6 Å². The molecule has 1 heterocycles. The van der Waals surface area contributed by atoms with E-state index in [0.717, 1.165) is 17.8 Å². The van der Waals surface area contributed by atoms with Gasteiger partial charge in [0.05, 0.1) is 11.7 Å². The predicted molar refractivity (Wildman–Crippen MR) is 79.4 cm³/mol. The van der Waals surface area contributed by atoms with Crippen LogP contribution in [0.4, 0.5) is 5.82 Å². The molecule has 0 spiro atoms. The molecular formula is C15H27N3O. The van der Waals surface area contributed by atoms with Gasteiger partial charge in [-0.05, 0) is 26.2 Å². The molecule has 1 aromatic heterocycles. The van der Waals surface area contributed by atoms with Gasteiger partial charge in [0.1, 0.15) is 11.6 Å². The summed E-state index contributed by atoms with van der Waals surface area (Å²) in [6, 6.07) is 0. The van der Waals surface area contributed by atoms with Gasteiger partial charge in [-0.15, -0.1) is 0 Å². The molecule has 1 aromatic rings.